The number of carbonyl (C=O) groups is 1. The van der Waals surface area contributed by atoms with Gasteiger partial charge in [0.15, 0.2) is 0 Å². The Bertz CT molecular complexity index is 174. The van der Waals surface area contributed by atoms with E-state index in [9.17, 15) is 4.79 Å². The Morgan fingerprint density at radius 1 is 1.50 bits per heavy atom. The number of nitrogens with zero attached hydrogens (tertiary/aromatic N) is 1. The summed E-state index contributed by atoms with van der Waals surface area (Å²) in [5.74, 6) is 5.80. The zero-order chi connectivity index (χ0) is 11.1. The van der Waals surface area contributed by atoms with E-state index in [1.54, 1.807) is 6.92 Å². The molecule has 0 aliphatic rings. The Balaban J connectivity index is 3.54. The lowest BCUT2D eigenvalue weighted by Gasteiger charge is -2.19. The highest BCUT2D eigenvalue weighted by molar-refractivity contribution is 7.80. The molecule has 0 saturated heterocycles. The molecule has 2 N–H and O–H groups in total. The molecule has 0 aliphatic heterocycles. The standard InChI is InChI=1S/C9H20N2O2S/c1-7(2)6-13-5-4-9(12)11(10)8(3)14/h7-8,14H,4-6,10H2,1-3H3. The first-order valence-corrected chi connectivity index (χ1v) is 5.29. The van der Waals surface area contributed by atoms with Gasteiger partial charge in [-0.2, -0.15) is 12.6 Å². The zero-order valence-corrected chi connectivity index (χ0v) is 9.96. The predicted molar refractivity (Wildman–Crippen MR) is 59.8 cm³/mol. The summed E-state index contributed by atoms with van der Waals surface area (Å²) in [6, 6.07) is 0. The lowest BCUT2D eigenvalue weighted by atomic mass is 10.2. The van der Waals surface area contributed by atoms with Crippen LogP contribution in [0.1, 0.15) is 27.2 Å². The van der Waals surface area contributed by atoms with Crippen molar-refractivity contribution in [2.24, 2.45) is 11.8 Å². The molecule has 5 heteroatoms. The number of carbonyl (C=O) groups excluding carboxylic acids is 1. The van der Waals surface area contributed by atoms with E-state index < -0.39 is 0 Å². The highest BCUT2D eigenvalue weighted by Gasteiger charge is 2.12. The van der Waals surface area contributed by atoms with Crippen LogP contribution in [0.25, 0.3) is 0 Å². The maximum atomic E-state index is 11.3. The van der Waals surface area contributed by atoms with Gasteiger partial charge in [0, 0.05) is 6.61 Å². The monoisotopic (exact) mass is 220 g/mol. The van der Waals surface area contributed by atoms with Crippen LogP contribution in [0, 0.1) is 5.92 Å². The van der Waals surface area contributed by atoms with E-state index in [0.717, 1.165) is 5.01 Å². The molecule has 1 unspecified atom stereocenters. The van der Waals surface area contributed by atoms with Crippen LogP contribution in [0.15, 0.2) is 0 Å². The minimum absolute atomic E-state index is 0.142. The maximum Gasteiger partial charge on any atom is 0.239 e. The van der Waals surface area contributed by atoms with E-state index in [2.05, 4.69) is 26.5 Å². The van der Waals surface area contributed by atoms with Gasteiger partial charge in [0.05, 0.1) is 18.4 Å². The van der Waals surface area contributed by atoms with Gasteiger partial charge in [-0.1, -0.05) is 13.8 Å². The van der Waals surface area contributed by atoms with Crippen LogP contribution in [-0.4, -0.2) is 29.5 Å². The van der Waals surface area contributed by atoms with E-state index in [4.69, 9.17) is 10.6 Å². The number of thiol groups is 1. The van der Waals surface area contributed by atoms with Crippen LogP contribution >= 0.6 is 12.6 Å². The predicted octanol–water partition coefficient (Wildman–Crippen LogP) is 1.03. The number of ether oxygens (including phenoxy) is 1. The van der Waals surface area contributed by atoms with Gasteiger partial charge in [-0.25, -0.2) is 5.84 Å². The topological polar surface area (TPSA) is 55.6 Å². The second-order valence-electron chi connectivity index (χ2n) is 3.65. The summed E-state index contributed by atoms with van der Waals surface area (Å²) in [5, 5.41) is 0.856. The normalized spacial score (nSPS) is 13.0. The summed E-state index contributed by atoms with van der Waals surface area (Å²) in [4.78, 5) is 11.3. The lowest BCUT2D eigenvalue weighted by molar-refractivity contribution is -0.133. The van der Waals surface area contributed by atoms with Gasteiger partial charge in [0.2, 0.25) is 5.91 Å². The van der Waals surface area contributed by atoms with Crippen molar-refractivity contribution in [1.82, 2.24) is 5.01 Å². The third-order valence-corrected chi connectivity index (χ3v) is 1.85. The van der Waals surface area contributed by atoms with Gasteiger partial charge in [0.25, 0.3) is 0 Å². The third kappa shape index (κ3) is 6.23. The van der Waals surface area contributed by atoms with Crippen molar-refractivity contribution in [2.75, 3.05) is 13.2 Å². The minimum atomic E-state index is -0.257. The van der Waals surface area contributed by atoms with Crippen LogP contribution in [-0.2, 0) is 9.53 Å². The maximum absolute atomic E-state index is 11.3. The summed E-state index contributed by atoms with van der Waals surface area (Å²) in [5.41, 5.74) is 0. The zero-order valence-electron chi connectivity index (χ0n) is 9.06. The fourth-order valence-electron chi connectivity index (χ4n) is 0.816. The number of nitrogens with two attached hydrogens (primary N) is 1. The summed E-state index contributed by atoms with van der Waals surface area (Å²) >= 11 is 4.05. The summed E-state index contributed by atoms with van der Waals surface area (Å²) < 4.78 is 5.27. The summed E-state index contributed by atoms with van der Waals surface area (Å²) in [6.45, 7) is 6.97. The number of hydrogen-bond donors (Lipinski definition) is 2. The van der Waals surface area contributed by atoms with E-state index in [1.165, 1.54) is 0 Å². The highest BCUT2D eigenvalue weighted by Crippen LogP contribution is 2.00. The average molecular weight is 220 g/mol. The molecule has 0 saturated carbocycles. The van der Waals surface area contributed by atoms with Gasteiger partial charge in [-0.05, 0) is 12.8 Å². The van der Waals surface area contributed by atoms with E-state index in [1.807, 2.05) is 0 Å². The molecule has 84 valence electrons. The second-order valence-corrected chi connectivity index (χ2v) is 4.40. The number of rotatable bonds is 6. The fourth-order valence-corrected chi connectivity index (χ4v) is 0.945. The van der Waals surface area contributed by atoms with Crippen LogP contribution in [0.2, 0.25) is 0 Å². The molecular weight excluding hydrogens is 200 g/mol. The quantitative estimate of drug-likeness (QED) is 0.175. The number of hydrazine groups is 1. The van der Waals surface area contributed by atoms with Gasteiger partial charge < -0.3 is 4.74 Å². The Labute approximate surface area is 91.2 Å². The number of hydrogen-bond acceptors (Lipinski definition) is 4. The minimum Gasteiger partial charge on any atom is -0.381 e. The van der Waals surface area contributed by atoms with Crippen molar-refractivity contribution in [1.29, 1.82) is 0 Å². The molecule has 0 heterocycles. The fraction of sp³-hybridized carbons (Fsp3) is 0.889. The largest absolute Gasteiger partial charge is 0.381 e. The number of amides is 1. The molecule has 0 radical (unpaired) electrons. The van der Waals surface area contributed by atoms with Crippen molar-refractivity contribution in [3.63, 3.8) is 0 Å². The Hall–Kier alpha value is -0.260. The van der Waals surface area contributed by atoms with Gasteiger partial charge >= 0.3 is 0 Å². The average Bonchev–Trinajstić information content (AvgIpc) is 2.10. The van der Waals surface area contributed by atoms with Crippen molar-refractivity contribution in [3.8, 4) is 0 Å². The van der Waals surface area contributed by atoms with Crippen LogP contribution in [0.4, 0.5) is 0 Å². The molecule has 0 bridgehead atoms. The lowest BCUT2D eigenvalue weighted by Crippen LogP contribution is -2.42. The molecule has 1 amide bonds. The van der Waals surface area contributed by atoms with E-state index in [-0.39, 0.29) is 11.3 Å². The molecule has 0 aromatic heterocycles. The van der Waals surface area contributed by atoms with Crippen molar-refractivity contribution >= 4 is 18.5 Å². The first-order chi connectivity index (χ1) is 6.45. The first kappa shape index (κ1) is 13.7. The van der Waals surface area contributed by atoms with Crippen molar-refractivity contribution < 1.29 is 9.53 Å². The molecule has 0 aromatic rings. The molecule has 0 aliphatic carbocycles. The Morgan fingerprint density at radius 2 is 2.07 bits per heavy atom. The molecule has 0 fully saturated rings. The van der Waals surface area contributed by atoms with Crippen molar-refractivity contribution in [2.45, 2.75) is 32.6 Å². The SMILES string of the molecule is CC(C)COCCC(=O)N(N)C(C)S. The van der Waals surface area contributed by atoms with Gasteiger partial charge in [-0.15, -0.1) is 0 Å². The summed E-state index contributed by atoms with van der Waals surface area (Å²) in [7, 11) is 0. The van der Waals surface area contributed by atoms with Gasteiger partial charge in [0.1, 0.15) is 0 Å². The van der Waals surface area contributed by atoms with E-state index >= 15 is 0 Å². The molecule has 0 rings (SSSR count). The van der Waals surface area contributed by atoms with Crippen LogP contribution in [0.3, 0.4) is 0 Å². The Kier molecular flexibility index (Phi) is 6.96. The third-order valence-electron chi connectivity index (χ3n) is 1.60. The molecule has 0 aromatic carbocycles. The Morgan fingerprint density at radius 3 is 2.50 bits per heavy atom. The van der Waals surface area contributed by atoms with Gasteiger partial charge in [-0.3, -0.25) is 9.80 Å². The second kappa shape index (κ2) is 7.09. The highest BCUT2D eigenvalue weighted by atomic mass is 32.1. The molecule has 0 spiro atoms. The van der Waals surface area contributed by atoms with Crippen LogP contribution < -0.4 is 5.84 Å². The molecule has 4 nitrogen and oxygen atoms in total. The molecule has 14 heavy (non-hydrogen) atoms. The summed E-state index contributed by atoms with van der Waals surface area (Å²) in [6.07, 6.45) is 0.314. The smallest absolute Gasteiger partial charge is 0.239 e. The van der Waals surface area contributed by atoms with Crippen LogP contribution in [0.5, 0.6) is 0 Å². The van der Waals surface area contributed by atoms with Crippen molar-refractivity contribution in [3.05, 3.63) is 0 Å². The molecular formula is C9H20N2O2S. The first-order valence-electron chi connectivity index (χ1n) is 4.77. The molecule has 1 atom stereocenters. The van der Waals surface area contributed by atoms with E-state index in [0.29, 0.717) is 25.6 Å².